The second-order valence-corrected chi connectivity index (χ2v) is 9.71. The first kappa shape index (κ1) is 28.4. The zero-order valence-electron chi connectivity index (χ0n) is 21.4. The van der Waals surface area contributed by atoms with Crippen LogP contribution in [0, 0.1) is 5.82 Å². The van der Waals surface area contributed by atoms with Gasteiger partial charge in [-0.1, -0.05) is 29.8 Å². The fourth-order valence-corrected chi connectivity index (χ4v) is 4.10. The van der Waals surface area contributed by atoms with Crippen molar-refractivity contribution in [1.82, 2.24) is 20.9 Å². The van der Waals surface area contributed by atoms with Crippen LogP contribution in [0.4, 0.5) is 4.39 Å². The molecule has 200 valence electrons. The van der Waals surface area contributed by atoms with Gasteiger partial charge in [0.25, 0.3) is 0 Å². The van der Waals surface area contributed by atoms with Gasteiger partial charge in [-0.25, -0.2) is 4.39 Å². The van der Waals surface area contributed by atoms with Gasteiger partial charge in [0.1, 0.15) is 29.8 Å². The fourth-order valence-electron chi connectivity index (χ4n) is 3.97. The normalized spacial score (nSPS) is 22.7. The summed E-state index contributed by atoms with van der Waals surface area (Å²) in [5.74, 6) is -1.02. The van der Waals surface area contributed by atoms with E-state index in [-0.39, 0.29) is 30.9 Å². The third-order valence-electron chi connectivity index (χ3n) is 6.33. The molecule has 3 rings (SSSR count). The molecule has 0 saturated heterocycles. The molecule has 3 amide bonds. The molecule has 0 saturated carbocycles. The molecule has 3 N–H and O–H groups in total. The van der Waals surface area contributed by atoms with Gasteiger partial charge in [0.15, 0.2) is 0 Å². The molecule has 2 aromatic rings. The quantitative estimate of drug-likeness (QED) is 0.552. The Morgan fingerprint density at radius 3 is 2.54 bits per heavy atom. The molecule has 1 aliphatic rings. The standard InChI is InChI=1S/C27H34ClFN4O4/c1-17-15-30-16-25(34)33(3)18(2)26(35)32-23(13-19-6-9-21(28)10-7-19)27(36)31-12-4-5-20-8-11-22(29)14-24(20)37-17/h6-11,14,17-18,23,30H,4-5,12-13,15-16H2,1-3H3,(H,31,36)(H,32,35)/t17-,18-,23-/m1/s1. The van der Waals surface area contributed by atoms with Crippen molar-refractivity contribution in [3.63, 3.8) is 0 Å². The summed E-state index contributed by atoms with van der Waals surface area (Å²) >= 11 is 5.98. The summed E-state index contributed by atoms with van der Waals surface area (Å²) in [5, 5.41) is 9.30. The average Bonchev–Trinajstić information content (AvgIpc) is 2.86. The Morgan fingerprint density at radius 1 is 1.08 bits per heavy atom. The number of carbonyl (C=O) groups is 3. The number of amides is 3. The summed E-state index contributed by atoms with van der Waals surface area (Å²) in [6.45, 7) is 4.14. The summed E-state index contributed by atoms with van der Waals surface area (Å²) in [7, 11) is 1.54. The maximum absolute atomic E-state index is 13.9. The van der Waals surface area contributed by atoms with E-state index in [1.807, 2.05) is 6.92 Å². The number of nitrogens with zero attached hydrogens (tertiary/aromatic N) is 1. The number of carbonyl (C=O) groups excluding carboxylic acids is 3. The Morgan fingerprint density at radius 2 is 1.81 bits per heavy atom. The lowest BCUT2D eigenvalue weighted by atomic mass is 10.0. The van der Waals surface area contributed by atoms with Gasteiger partial charge in [0.05, 0.1) is 6.54 Å². The zero-order chi connectivity index (χ0) is 26.9. The molecule has 0 spiro atoms. The van der Waals surface area contributed by atoms with E-state index in [0.29, 0.717) is 36.7 Å². The molecule has 8 nitrogen and oxygen atoms in total. The highest BCUT2D eigenvalue weighted by atomic mass is 35.5. The molecule has 0 unspecified atom stereocenters. The van der Waals surface area contributed by atoms with E-state index in [0.717, 1.165) is 11.1 Å². The third-order valence-corrected chi connectivity index (χ3v) is 6.58. The van der Waals surface area contributed by atoms with E-state index in [4.69, 9.17) is 16.3 Å². The predicted molar refractivity (Wildman–Crippen MR) is 140 cm³/mol. The largest absolute Gasteiger partial charge is 0.489 e. The van der Waals surface area contributed by atoms with Crippen LogP contribution in [0.3, 0.4) is 0 Å². The summed E-state index contributed by atoms with van der Waals surface area (Å²) in [6, 6.07) is 9.81. The number of benzene rings is 2. The van der Waals surface area contributed by atoms with E-state index >= 15 is 0 Å². The van der Waals surface area contributed by atoms with E-state index in [1.54, 1.807) is 44.3 Å². The van der Waals surface area contributed by atoms with Gasteiger partial charge >= 0.3 is 0 Å². The minimum atomic E-state index is -0.845. The summed E-state index contributed by atoms with van der Waals surface area (Å²) in [5.41, 5.74) is 1.65. The molecule has 0 fully saturated rings. The lowest BCUT2D eigenvalue weighted by Gasteiger charge is -2.27. The van der Waals surface area contributed by atoms with Crippen molar-refractivity contribution < 1.29 is 23.5 Å². The highest BCUT2D eigenvalue weighted by molar-refractivity contribution is 6.30. The molecule has 1 heterocycles. The lowest BCUT2D eigenvalue weighted by Crippen LogP contribution is -2.54. The van der Waals surface area contributed by atoms with Gasteiger partial charge in [-0.05, 0) is 56.0 Å². The first-order valence-electron chi connectivity index (χ1n) is 12.4. The van der Waals surface area contributed by atoms with Crippen LogP contribution in [-0.2, 0) is 27.2 Å². The van der Waals surface area contributed by atoms with E-state index in [9.17, 15) is 18.8 Å². The van der Waals surface area contributed by atoms with E-state index < -0.39 is 23.8 Å². The van der Waals surface area contributed by atoms with E-state index in [2.05, 4.69) is 16.0 Å². The molecule has 3 atom stereocenters. The Kier molecular flexibility index (Phi) is 10.3. The number of fused-ring (bicyclic) bond motifs is 1. The molecular formula is C27H34ClFN4O4. The highest BCUT2D eigenvalue weighted by Crippen LogP contribution is 2.23. The molecule has 10 heteroatoms. The average molecular weight is 533 g/mol. The third kappa shape index (κ3) is 8.43. The van der Waals surface area contributed by atoms with Crippen LogP contribution in [0.2, 0.25) is 5.02 Å². The molecule has 0 aromatic heterocycles. The molecule has 0 bridgehead atoms. The van der Waals surface area contributed by atoms with Gasteiger partial charge in [0, 0.05) is 37.6 Å². The minimum absolute atomic E-state index is 0.00742. The highest BCUT2D eigenvalue weighted by Gasteiger charge is 2.27. The maximum Gasteiger partial charge on any atom is 0.243 e. The predicted octanol–water partition coefficient (Wildman–Crippen LogP) is 2.47. The Bertz CT molecular complexity index is 1100. The van der Waals surface area contributed by atoms with E-state index in [1.165, 1.54) is 17.0 Å². The monoisotopic (exact) mass is 532 g/mol. The van der Waals surface area contributed by atoms with Gasteiger partial charge < -0.3 is 25.6 Å². The molecule has 0 aliphatic carbocycles. The van der Waals surface area contributed by atoms with Crippen molar-refractivity contribution in [2.75, 3.05) is 26.7 Å². The van der Waals surface area contributed by atoms with Gasteiger partial charge in [-0.2, -0.15) is 0 Å². The van der Waals surface area contributed by atoms with Gasteiger partial charge in [0.2, 0.25) is 17.7 Å². The van der Waals surface area contributed by atoms with Crippen molar-refractivity contribution in [3.05, 3.63) is 64.4 Å². The second-order valence-electron chi connectivity index (χ2n) is 9.28. The number of halogens is 2. The second kappa shape index (κ2) is 13.4. The number of hydrogen-bond donors (Lipinski definition) is 3. The van der Waals surface area contributed by atoms with Crippen molar-refractivity contribution >= 4 is 29.3 Å². The topological polar surface area (TPSA) is 99.8 Å². The number of hydrogen-bond acceptors (Lipinski definition) is 5. The minimum Gasteiger partial charge on any atom is -0.489 e. The van der Waals surface area contributed by atoms with Gasteiger partial charge in [-0.15, -0.1) is 0 Å². The number of ether oxygens (including phenoxy) is 1. The van der Waals surface area contributed by atoms with Crippen LogP contribution in [0.5, 0.6) is 5.75 Å². The summed E-state index contributed by atoms with van der Waals surface area (Å²) < 4.78 is 19.8. The van der Waals surface area contributed by atoms with Crippen LogP contribution in [-0.4, -0.2) is 67.5 Å². The van der Waals surface area contributed by atoms with Crippen molar-refractivity contribution in [2.24, 2.45) is 0 Å². The van der Waals surface area contributed by atoms with Crippen molar-refractivity contribution in [1.29, 1.82) is 0 Å². The maximum atomic E-state index is 13.9. The number of aryl methyl sites for hydroxylation is 1. The Labute approximate surface area is 221 Å². The summed E-state index contributed by atoms with van der Waals surface area (Å²) in [6.07, 6.45) is 1.08. The lowest BCUT2D eigenvalue weighted by molar-refractivity contribution is -0.138. The first-order valence-corrected chi connectivity index (χ1v) is 12.8. The molecule has 0 radical (unpaired) electrons. The number of likely N-dealkylation sites (N-methyl/N-ethyl adjacent to an activating group) is 1. The molecular weight excluding hydrogens is 499 g/mol. The van der Waals surface area contributed by atoms with Gasteiger partial charge in [-0.3, -0.25) is 14.4 Å². The van der Waals surface area contributed by atoms with Crippen LogP contribution in [0.15, 0.2) is 42.5 Å². The smallest absolute Gasteiger partial charge is 0.243 e. The summed E-state index contributed by atoms with van der Waals surface area (Å²) in [4.78, 5) is 40.1. The zero-order valence-corrected chi connectivity index (χ0v) is 22.1. The first-order chi connectivity index (χ1) is 17.6. The van der Waals surface area contributed by atoms with Crippen LogP contribution >= 0.6 is 11.6 Å². The Balaban J connectivity index is 1.80. The van der Waals surface area contributed by atoms with Crippen molar-refractivity contribution in [3.8, 4) is 5.75 Å². The SMILES string of the molecule is C[C@@H]1CNCC(=O)N(C)[C@H](C)C(=O)N[C@H](Cc2ccc(Cl)cc2)C(=O)NCCCc2ccc(F)cc2O1. The van der Waals surface area contributed by atoms with Crippen LogP contribution in [0.1, 0.15) is 31.4 Å². The van der Waals surface area contributed by atoms with Crippen LogP contribution in [0.25, 0.3) is 0 Å². The van der Waals surface area contributed by atoms with Crippen LogP contribution < -0.4 is 20.7 Å². The Hall–Kier alpha value is -3.17. The number of rotatable bonds is 2. The fraction of sp³-hybridized carbons (Fsp3) is 0.444. The van der Waals surface area contributed by atoms with Crippen molar-refractivity contribution in [2.45, 2.75) is 51.3 Å². The molecule has 37 heavy (non-hydrogen) atoms. The molecule has 1 aliphatic heterocycles. The number of nitrogens with one attached hydrogen (secondary N) is 3. The molecule has 2 aromatic carbocycles.